The van der Waals surface area contributed by atoms with E-state index in [4.69, 9.17) is 11.6 Å². The molecule has 20 heavy (non-hydrogen) atoms. The summed E-state index contributed by atoms with van der Waals surface area (Å²) in [6.07, 6.45) is 3.35. The Labute approximate surface area is 122 Å². The molecule has 0 saturated carbocycles. The number of nitrogens with one attached hydrogen (secondary N) is 2. The highest BCUT2D eigenvalue weighted by molar-refractivity contribution is 6.33. The van der Waals surface area contributed by atoms with Crippen molar-refractivity contribution in [3.8, 4) is 0 Å². The monoisotopic (exact) mass is 287 g/mol. The average Bonchev–Trinajstić information content (AvgIpc) is 2.48. The number of hydrogen-bond acceptors (Lipinski definition) is 3. The van der Waals surface area contributed by atoms with E-state index >= 15 is 0 Å². The first kappa shape index (κ1) is 14.1. The summed E-state index contributed by atoms with van der Waals surface area (Å²) in [5.74, 6) is -0.298. The van der Waals surface area contributed by atoms with Crippen molar-refractivity contribution < 1.29 is 4.79 Å². The third kappa shape index (κ3) is 3.59. The highest BCUT2D eigenvalue weighted by Crippen LogP contribution is 2.21. The lowest BCUT2D eigenvalue weighted by molar-refractivity contribution is 0.102. The third-order valence-electron chi connectivity index (χ3n) is 2.57. The number of anilines is 2. The van der Waals surface area contributed by atoms with Crippen LogP contribution in [0.1, 0.15) is 10.5 Å². The van der Waals surface area contributed by atoms with Gasteiger partial charge in [-0.15, -0.1) is 6.58 Å². The van der Waals surface area contributed by atoms with Crippen LogP contribution in [0.15, 0.2) is 55.3 Å². The predicted molar refractivity (Wildman–Crippen MR) is 82.3 cm³/mol. The lowest BCUT2D eigenvalue weighted by Gasteiger charge is -2.07. The standard InChI is InChI=1S/C15H14ClN3O/c1-2-9-17-11-7-8-14(18-10-11)15(20)19-13-6-4-3-5-12(13)16/h2-8,10,17H,1,9H2,(H,19,20). The first-order valence-corrected chi connectivity index (χ1v) is 6.45. The van der Waals surface area contributed by atoms with E-state index in [0.29, 0.717) is 22.9 Å². The van der Waals surface area contributed by atoms with Gasteiger partial charge in [0.25, 0.3) is 5.91 Å². The molecule has 2 rings (SSSR count). The molecule has 0 bridgehead atoms. The molecule has 0 unspecified atom stereocenters. The summed E-state index contributed by atoms with van der Waals surface area (Å²) < 4.78 is 0. The fourth-order valence-corrected chi connectivity index (χ4v) is 1.75. The van der Waals surface area contributed by atoms with E-state index in [1.54, 1.807) is 48.7 Å². The number of pyridine rings is 1. The van der Waals surface area contributed by atoms with Gasteiger partial charge in [-0.3, -0.25) is 4.79 Å². The van der Waals surface area contributed by atoms with Crippen molar-refractivity contribution in [3.05, 3.63) is 66.0 Å². The second-order valence-electron chi connectivity index (χ2n) is 4.04. The Morgan fingerprint density at radius 3 is 2.75 bits per heavy atom. The van der Waals surface area contributed by atoms with Crippen LogP contribution >= 0.6 is 11.6 Å². The summed E-state index contributed by atoms with van der Waals surface area (Å²) in [6.45, 7) is 4.26. The van der Waals surface area contributed by atoms with E-state index in [0.717, 1.165) is 5.69 Å². The molecular weight excluding hydrogens is 274 g/mol. The Hall–Kier alpha value is -2.33. The summed E-state index contributed by atoms with van der Waals surface area (Å²) >= 11 is 5.98. The normalized spacial score (nSPS) is 9.85. The Morgan fingerprint density at radius 1 is 1.30 bits per heavy atom. The first-order valence-electron chi connectivity index (χ1n) is 6.07. The van der Waals surface area contributed by atoms with Crippen molar-refractivity contribution >= 4 is 28.9 Å². The number of para-hydroxylation sites is 1. The smallest absolute Gasteiger partial charge is 0.274 e. The van der Waals surface area contributed by atoms with E-state index in [2.05, 4.69) is 22.2 Å². The summed E-state index contributed by atoms with van der Waals surface area (Å²) in [7, 11) is 0. The number of halogens is 1. The topological polar surface area (TPSA) is 54.0 Å². The minimum absolute atomic E-state index is 0.298. The fraction of sp³-hybridized carbons (Fsp3) is 0.0667. The van der Waals surface area contributed by atoms with E-state index in [9.17, 15) is 4.79 Å². The van der Waals surface area contributed by atoms with Gasteiger partial charge in [-0.25, -0.2) is 4.98 Å². The van der Waals surface area contributed by atoms with E-state index in [1.807, 2.05) is 0 Å². The average molecular weight is 288 g/mol. The van der Waals surface area contributed by atoms with Crippen LogP contribution < -0.4 is 10.6 Å². The Balaban J connectivity index is 2.06. The maximum Gasteiger partial charge on any atom is 0.274 e. The zero-order valence-corrected chi connectivity index (χ0v) is 11.5. The second kappa shape index (κ2) is 6.73. The van der Waals surface area contributed by atoms with Gasteiger partial charge in [-0.1, -0.05) is 29.8 Å². The molecule has 0 aliphatic carbocycles. The maximum atomic E-state index is 12.0. The van der Waals surface area contributed by atoms with Crippen LogP contribution in [-0.2, 0) is 0 Å². The van der Waals surface area contributed by atoms with E-state index < -0.39 is 0 Å². The number of aromatic nitrogens is 1. The summed E-state index contributed by atoms with van der Waals surface area (Å²) in [6, 6.07) is 10.5. The van der Waals surface area contributed by atoms with E-state index in [-0.39, 0.29) is 5.91 Å². The highest BCUT2D eigenvalue weighted by atomic mass is 35.5. The minimum atomic E-state index is -0.298. The molecule has 0 spiro atoms. The number of carbonyl (C=O) groups is 1. The number of rotatable bonds is 5. The van der Waals surface area contributed by atoms with Crippen molar-refractivity contribution in [2.75, 3.05) is 17.2 Å². The maximum absolute atomic E-state index is 12.0. The van der Waals surface area contributed by atoms with Gasteiger partial charge >= 0.3 is 0 Å². The lowest BCUT2D eigenvalue weighted by atomic mass is 10.3. The summed E-state index contributed by atoms with van der Waals surface area (Å²) in [5, 5.41) is 6.30. The third-order valence-corrected chi connectivity index (χ3v) is 2.90. The van der Waals surface area contributed by atoms with Crippen LogP contribution in [0.25, 0.3) is 0 Å². The van der Waals surface area contributed by atoms with Crippen LogP contribution in [0.4, 0.5) is 11.4 Å². The zero-order valence-electron chi connectivity index (χ0n) is 10.8. The summed E-state index contributed by atoms with van der Waals surface area (Å²) in [5.41, 5.74) is 1.73. The Morgan fingerprint density at radius 2 is 2.10 bits per heavy atom. The van der Waals surface area contributed by atoms with Crippen LogP contribution in [0.2, 0.25) is 5.02 Å². The van der Waals surface area contributed by atoms with Gasteiger partial charge in [0.15, 0.2) is 0 Å². The molecule has 1 aromatic heterocycles. The molecule has 102 valence electrons. The van der Waals surface area contributed by atoms with Crippen molar-refractivity contribution in [1.29, 1.82) is 0 Å². The molecule has 0 saturated heterocycles. The molecule has 0 radical (unpaired) electrons. The molecule has 0 atom stereocenters. The van der Waals surface area contributed by atoms with Gasteiger partial charge in [0.2, 0.25) is 0 Å². The van der Waals surface area contributed by atoms with Gasteiger partial charge in [-0.05, 0) is 24.3 Å². The summed E-state index contributed by atoms with van der Waals surface area (Å²) in [4.78, 5) is 16.1. The molecular formula is C15H14ClN3O. The molecule has 0 fully saturated rings. The quantitative estimate of drug-likeness (QED) is 0.826. The van der Waals surface area contributed by atoms with Gasteiger partial charge in [0.05, 0.1) is 22.6 Å². The molecule has 2 aromatic rings. The van der Waals surface area contributed by atoms with Crippen molar-refractivity contribution in [2.24, 2.45) is 0 Å². The SMILES string of the molecule is C=CCNc1ccc(C(=O)Nc2ccccc2Cl)nc1. The Kier molecular flexibility index (Phi) is 4.74. The number of hydrogen-bond donors (Lipinski definition) is 2. The number of benzene rings is 1. The zero-order chi connectivity index (χ0) is 14.4. The lowest BCUT2D eigenvalue weighted by Crippen LogP contribution is -2.14. The largest absolute Gasteiger partial charge is 0.380 e. The van der Waals surface area contributed by atoms with Crippen molar-refractivity contribution in [2.45, 2.75) is 0 Å². The molecule has 4 nitrogen and oxygen atoms in total. The molecule has 1 amide bonds. The molecule has 0 aliphatic rings. The van der Waals surface area contributed by atoms with Crippen LogP contribution in [0, 0.1) is 0 Å². The van der Waals surface area contributed by atoms with E-state index in [1.165, 1.54) is 0 Å². The Bertz CT molecular complexity index is 611. The molecule has 0 aliphatic heterocycles. The fourth-order valence-electron chi connectivity index (χ4n) is 1.57. The van der Waals surface area contributed by atoms with Gasteiger partial charge in [0, 0.05) is 6.54 Å². The molecule has 5 heteroatoms. The molecule has 1 heterocycles. The predicted octanol–water partition coefficient (Wildman–Crippen LogP) is 3.59. The minimum Gasteiger partial charge on any atom is -0.380 e. The first-order chi connectivity index (χ1) is 9.70. The highest BCUT2D eigenvalue weighted by Gasteiger charge is 2.09. The second-order valence-corrected chi connectivity index (χ2v) is 4.44. The number of carbonyl (C=O) groups excluding carboxylic acids is 1. The molecule has 2 N–H and O–H groups in total. The van der Waals surface area contributed by atoms with Gasteiger partial charge in [-0.2, -0.15) is 0 Å². The molecule has 1 aromatic carbocycles. The van der Waals surface area contributed by atoms with Crippen molar-refractivity contribution in [1.82, 2.24) is 4.98 Å². The number of amides is 1. The van der Waals surface area contributed by atoms with Crippen LogP contribution in [0.5, 0.6) is 0 Å². The van der Waals surface area contributed by atoms with Crippen LogP contribution in [0.3, 0.4) is 0 Å². The van der Waals surface area contributed by atoms with Gasteiger partial charge < -0.3 is 10.6 Å². The van der Waals surface area contributed by atoms with Gasteiger partial charge in [0.1, 0.15) is 5.69 Å². The van der Waals surface area contributed by atoms with Crippen molar-refractivity contribution in [3.63, 3.8) is 0 Å². The number of nitrogens with zero attached hydrogens (tertiary/aromatic N) is 1. The van der Waals surface area contributed by atoms with Crippen LogP contribution in [-0.4, -0.2) is 17.4 Å².